The van der Waals surface area contributed by atoms with Crippen molar-refractivity contribution in [2.45, 2.75) is 19.8 Å². The quantitative estimate of drug-likeness (QED) is 0.537. The minimum atomic E-state index is -3.89. The van der Waals surface area contributed by atoms with E-state index in [-0.39, 0.29) is 0 Å². The smallest absolute Gasteiger partial charge is 0.284 e. The molecule has 3 heterocycles. The fraction of sp³-hybridized carbons (Fsp3) is 0.316. The van der Waals surface area contributed by atoms with E-state index < -0.39 is 16.1 Å². The van der Waals surface area contributed by atoms with Gasteiger partial charge in [-0.3, -0.25) is 14.0 Å². The zero-order valence-electron chi connectivity index (χ0n) is 16.5. The number of hydrogen-bond donors (Lipinski definition) is 2. The number of carbonyl (C=O) groups is 1. The molecule has 1 aliphatic rings. The highest BCUT2D eigenvalue weighted by atomic mass is 35.5. The summed E-state index contributed by atoms with van der Waals surface area (Å²) < 4.78 is 31.8. The number of carbonyl (C=O) groups excluding carboxylic acids is 1. The molecule has 0 aromatic carbocycles. The lowest BCUT2D eigenvalue weighted by Crippen LogP contribution is -2.40. The Morgan fingerprint density at radius 1 is 1.40 bits per heavy atom. The number of fused-ring (bicyclic) bond motifs is 1. The number of nitrogens with one attached hydrogen (secondary N) is 2. The van der Waals surface area contributed by atoms with E-state index in [1.807, 2.05) is 10.8 Å². The number of nitrogens with zero attached hydrogens (tertiary/aromatic N) is 4. The molecule has 0 bridgehead atoms. The van der Waals surface area contributed by atoms with Crippen LogP contribution in [0.5, 0.6) is 0 Å². The summed E-state index contributed by atoms with van der Waals surface area (Å²) in [5.74, 6) is 0.271. The van der Waals surface area contributed by atoms with E-state index in [9.17, 15) is 13.2 Å². The van der Waals surface area contributed by atoms with Crippen molar-refractivity contribution in [3.63, 3.8) is 0 Å². The summed E-state index contributed by atoms with van der Waals surface area (Å²) in [6.07, 6.45) is 8.12. The molecule has 1 aliphatic carbocycles. The fourth-order valence-corrected chi connectivity index (χ4v) is 4.34. The van der Waals surface area contributed by atoms with Crippen LogP contribution in [-0.4, -0.2) is 40.2 Å². The van der Waals surface area contributed by atoms with E-state index in [0.717, 1.165) is 18.2 Å². The molecule has 0 unspecified atom stereocenters. The van der Waals surface area contributed by atoms with Gasteiger partial charge in [0, 0.05) is 43.0 Å². The van der Waals surface area contributed by atoms with Crippen molar-refractivity contribution in [3.8, 4) is 5.82 Å². The van der Waals surface area contributed by atoms with Crippen LogP contribution < -0.4 is 9.44 Å². The molecule has 30 heavy (non-hydrogen) atoms. The first-order valence-corrected chi connectivity index (χ1v) is 11.3. The van der Waals surface area contributed by atoms with Crippen LogP contribution in [0.4, 0.5) is 0 Å². The highest BCUT2D eigenvalue weighted by molar-refractivity contribution is 7.88. The molecule has 0 radical (unpaired) electrons. The molecule has 1 amide bonds. The van der Waals surface area contributed by atoms with Crippen molar-refractivity contribution in [2.75, 3.05) is 6.54 Å². The Morgan fingerprint density at radius 3 is 2.90 bits per heavy atom. The molecule has 3 aromatic rings. The molecular weight excluding hydrogens is 428 g/mol. The van der Waals surface area contributed by atoms with Crippen molar-refractivity contribution in [2.24, 2.45) is 13.0 Å². The van der Waals surface area contributed by atoms with Gasteiger partial charge in [0.1, 0.15) is 11.5 Å². The van der Waals surface area contributed by atoms with Gasteiger partial charge in [0.25, 0.3) is 5.91 Å². The summed E-state index contributed by atoms with van der Waals surface area (Å²) in [5, 5.41) is 5.75. The summed E-state index contributed by atoms with van der Waals surface area (Å²) in [6.45, 7) is 2.14. The number of rotatable bonds is 7. The second kappa shape index (κ2) is 7.86. The van der Waals surface area contributed by atoms with E-state index in [2.05, 4.69) is 14.8 Å². The number of halogens is 1. The first kappa shape index (κ1) is 20.6. The Hall–Kier alpha value is -2.69. The first-order chi connectivity index (χ1) is 14.2. The molecule has 9 nitrogen and oxygen atoms in total. The standard InChI is InChI=1S/C19H21ClN6O3S/c1-12-14(7-8-17(27)24-30(28,29)22-10-13-5-6-13)19(25(2)23-12)26-11-16(20)15-4-3-9-21-18(15)26/h3-4,7-9,11,13,22H,5-6,10H2,1-2H3,(H,24,27)/b8-7+. The number of hydrogen-bond acceptors (Lipinski definition) is 5. The minimum Gasteiger partial charge on any atom is -0.284 e. The lowest BCUT2D eigenvalue weighted by atomic mass is 10.2. The van der Waals surface area contributed by atoms with Gasteiger partial charge in [0.2, 0.25) is 0 Å². The van der Waals surface area contributed by atoms with Crippen molar-refractivity contribution in [1.82, 2.24) is 28.8 Å². The van der Waals surface area contributed by atoms with Gasteiger partial charge in [0.15, 0.2) is 0 Å². The van der Waals surface area contributed by atoms with Gasteiger partial charge in [-0.1, -0.05) is 11.6 Å². The van der Waals surface area contributed by atoms with Crippen LogP contribution in [0.25, 0.3) is 22.9 Å². The summed E-state index contributed by atoms with van der Waals surface area (Å²) in [7, 11) is -2.11. The van der Waals surface area contributed by atoms with E-state index in [4.69, 9.17) is 11.6 Å². The highest BCUT2D eigenvalue weighted by Crippen LogP contribution is 2.29. The van der Waals surface area contributed by atoms with Crippen LogP contribution in [-0.2, 0) is 22.1 Å². The molecule has 158 valence electrons. The van der Waals surface area contributed by atoms with Gasteiger partial charge in [-0.2, -0.15) is 18.2 Å². The normalized spacial score (nSPS) is 14.6. The Kier molecular flexibility index (Phi) is 5.39. The molecule has 0 saturated heterocycles. The van der Waals surface area contributed by atoms with Crippen LogP contribution in [0.1, 0.15) is 24.1 Å². The Balaban J connectivity index is 1.61. The van der Waals surface area contributed by atoms with Crippen LogP contribution >= 0.6 is 11.6 Å². The highest BCUT2D eigenvalue weighted by Gasteiger charge is 2.24. The van der Waals surface area contributed by atoms with Crippen LogP contribution in [0.3, 0.4) is 0 Å². The molecule has 2 N–H and O–H groups in total. The molecule has 11 heteroatoms. The second-order valence-corrected chi connectivity index (χ2v) is 9.17. The van der Waals surface area contributed by atoms with Gasteiger partial charge >= 0.3 is 10.2 Å². The third kappa shape index (κ3) is 4.25. The molecule has 0 aliphatic heterocycles. The summed E-state index contributed by atoms with van der Waals surface area (Å²) in [5.41, 5.74) is 1.96. The Labute approximate surface area is 178 Å². The average molecular weight is 449 g/mol. The summed E-state index contributed by atoms with van der Waals surface area (Å²) >= 11 is 6.35. The zero-order chi connectivity index (χ0) is 21.5. The van der Waals surface area contributed by atoms with Gasteiger partial charge in [-0.15, -0.1) is 0 Å². The van der Waals surface area contributed by atoms with Crippen molar-refractivity contribution in [1.29, 1.82) is 0 Å². The lowest BCUT2D eigenvalue weighted by molar-refractivity contribution is -0.114. The monoisotopic (exact) mass is 448 g/mol. The number of aryl methyl sites for hydroxylation is 2. The maximum atomic E-state index is 12.2. The summed E-state index contributed by atoms with van der Waals surface area (Å²) in [4.78, 5) is 16.6. The number of pyridine rings is 1. The van der Waals surface area contributed by atoms with Crippen LogP contribution in [0.2, 0.25) is 5.02 Å². The van der Waals surface area contributed by atoms with Gasteiger partial charge in [-0.25, -0.2) is 9.71 Å². The molecule has 0 atom stereocenters. The predicted octanol–water partition coefficient (Wildman–Crippen LogP) is 2.09. The van der Waals surface area contributed by atoms with Crippen LogP contribution in [0.15, 0.2) is 30.6 Å². The molecule has 0 spiro atoms. The Morgan fingerprint density at radius 2 is 2.17 bits per heavy atom. The van der Waals surface area contributed by atoms with E-state index >= 15 is 0 Å². The van der Waals surface area contributed by atoms with Gasteiger partial charge < -0.3 is 0 Å². The largest absolute Gasteiger partial charge is 0.301 e. The van der Waals surface area contributed by atoms with Gasteiger partial charge in [-0.05, 0) is 43.9 Å². The number of amides is 1. The first-order valence-electron chi connectivity index (χ1n) is 9.40. The lowest BCUT2D eigenvalue weighted by Gasteiger charge is -2.07. The molecule has 1 saturated carbocycles. The van der Waals surface area contributed by atoms with E-state index in [1.165, 1.54) is 12.2 Å². The third-order valence-electron chi connectivity index (χ3n) is 4.88. The SMILES string of the molecule is Cc1nn(C)c(-n2cc(Cl)c3cccnc32)c1/C=C/C(=O)NS(=O)(=O)NCC1CC1. The Bertz CT molecular complexity index is 1260. The topological polar surface area (TPSA) is 111 Å². The van der Waals surface area contributed by atoms with Gasteiger partial charge in [0.05, 0.1) is 10.7 Å². The second-order valence-electron chi connectivity index (χ2n) is 7.26. The number of aromatic nitrogens is 4. The van der Waals surface area contributed by atoms with Crippen LogP contribution in [0, 0.1) is 12.8 Å². The van der Waals surface area contributed by atoms with Crippen molar-refractivity contribution < 1.29 is 13.2 Å². The minimum absolute atomic E-state index is 0.340. The third-order valence-corrected chi connectivity index (χ3v) is 6.19. The fourth-order valence-electron chi connectivity index (χ4n) is 3.24. The molecule has 3 aromatic heterocycles. The molecular formula is C19H21ClN6O3S. The zero-order valence-corrected chi connectivity index (χ0v) is 18.0. The van der Waals surface area contributed by atoms with Crippen molar-refractivity contribution >= 4 is 44.8 Å². The molecule has 4 rings (SSSR count). The average Bonchev–Trinajstić information content (AvgIpc) is 3.40. The van der Waals surface area contributed by atoms with E-state index in [1.54, 1.807) is 41.7 Å². The molecule has 1 fully saturated rings. The maximum absolute atomic E-state index is 12.2. The maximum Gasteiger partial charge on any atom is 0.301 e. The summed E-state index contributed by atoms with van der Waals surface area (Å²) in [6, 6.07) is 3.67. The van der Waals surface area contributed by atoms with Crippen molar-refractivity contribution in [3.05, 3.63) is 46.9 Å². The van der Waals surface area contributed by atoms with E-state index in [0.29, 0.717) is 40.2 Å². The predicted molar refractivity (Wildman–Crippen MR) is 114 cm³/mol.